The van der Waals surface area contributed by atoms with Crippen molar-refractivity contribution in [2.24, 2.45) is 0 Å². The monoisotopic (exact) mass is 455 g/mol. The molecular weight excluding hydrogens is 426 g/mol. The summed E-state index contributed by atoms with van der Waals surface area (Å²) in [6, 6.07) is 25.6. The maximum Gasteiger partial charge on any atom is 0.227 e. The third kappa shape index (κ3) is 4.54. The van der Waals surface area contributed by atoms with E-state index in [0.29, 0.717) is 19.5 Å². The van der Waals surface area contributed by atoms with Crippen molar-refractivity contribution in [2.75, 3.05) is 18.1 Å². The molecule has 0 radical (unpaired) electrons. The molecule has 174 valence electrons. The number of carbonyl (C=O) groups is 1. The average molecular weight is 456 g/mol. The number of amides is 1. The molecule has 1 fully saturated rings. The third-order valence-electron chi connectivity index (χ3n) is 6.41. The van der Waals surface area contributed by atoms with Crippen molar-refractivity contribution >= 4 is 22.6 Å². The van der Waals surface area contributed by atoms with Crippen LogP contribution in [0.25, 0.3) is 11.0 Å². The van der Waals surface area contributed by atoms with Crippen LogP contribution in [0.5, 0.6) is 5.75 Å². The fourth-order valence-corrected chi connectivity index (χ4v) is 4.61. The zero-order valence-electron chi connectivity index (χ0n) is 19.3. The molecule has 1 aliphatic rings. The van der Waals surface area contributed by atoms with Gasteiger partial charge in [0, 0.05) is 24.6 Å². The number of aliphatic hydroxyl groups is 1. The minimum Gasteiger partial charge on any atom is -0.491 e. The van der Waals surface area contributed by atoms with Gasteiger partial charge in [-0.1, -0.05) is 49.4 Å². The topological polar surface area (TPSA) is 67.6 Å². The molecule has 4 aromatic rings. The standard InChI is InChI=1S/C28H29N3O3/c1-2-20-12-14-22(15-13-20)30-17-21(16-27(30)33)28-29-25-10-6-7-11-26(25)31(28)18-23(32)19-34-24-8-4-3-5-9-24/h3-15,21,23,32H,2,16-19H2,1H3/t21-,23+/m0/s1. The molecule has 0 spiro atoms. The van der Waals surface area contributed by atoms with Gasteiger partial charge in [0.25, 0.3) is 0 Å². The number of carbonyl (C=O) groups excluding carboxylic acids is 1. The highest BCUT2D eigenvalue weighted by atomic mass is 16.5. The number of hydrogen-bond acceptors (Lipinski definition) is 4. The minimum absolute atomic E-state index is 0.0482. The Hall–Kier alpha value is -3.64. The number of aromatic nitrogens is 2. The Balaban J connectivity index is 1.37. The Labute approximate surface area is 199 Å². The summed E-state index contributed by atoms with van der Waals surface area (Å²) in [5.41, 5.74) is 3.99. The van der Waals surface area contributed by atoms with Gasteiger partial charge in [-0.3, -0.25) is 4.79 Å². The van der Waals surface area contributed by atoms with Gasteiger partial charge >= 0.3 is 0 Å². The Morgan fingerprint density at radius 1 is 1.03 bits per heavy atom. The van der Waals surface area contributed by atoms with Crippen molar-refractivity contribution in [2.45, 2.75) is 38.3 Å². The van der Waals surface area contributed by atoms with Gasteiger partial charge in [-0.15, -0.1) is 0 Å². The molecule has 1 saturated heterocycles. The molecule has 0 bridgehead atoms. The third-order valence-corrected chi connectivity index (χ3v) is 6.41. The van der Waals surface area contributed by atoms with E-state index >= 15 is 0 Å². The predicted octanol–water partition coefficient (Wildman–Crippen LogP) is 4.56. The minimum atomic E-state index is -0.716. The van der Waals surface area contributed by atoms with E-state index in [-0.39, 0.29) is 18.4 Å². The van der Waals surface area contributed by atoms with E-state index in [1.807, 2.05) is 71.6 Å². The highest BCUT2D eigenvalue weighted by Crippen LogP contribution is 2.33. The SMILES string of the molecule is CCc1ccc(N2C[C@@H](c3nc4ccccc4n3C[C@@H](O)COc3ccccc3)CC2=O)cc1. The van der Waals surface area contributed by atoms with Crippen molar-refractivity contribution in [3.05, 3.63) is 90.3 Å². The molecule has 0 saturated carbocycles. The number of benzene rings is 3. The van der Waals surface area contributed by atoms with Crippen LogP contribution in [-0.2, 0) is 17.8 Å². The molecule has 34 heavy (non-hydrogen) atoms. The maximum absolute atomic E-state index is 12.9. The van der Waals surface area contributed by atoms with Crippen LogP contribution >= 0.6 is 0 Å². The van der Waals surface area contributed by atoms with Gasteiger partial charge in [-0.25, -0.2) is 4.98 Å². The summed E-state index contributed by atoms with van der Waals surface area (Å²) in [6.07, 6.45) is 0.651. The average Bonchev–Trinajstić information content (AvgIpc) is 3.44. The molecule has 1 aliphatic heterocycles. The van der Waals surface area contributed by atoms with E-state index in [0.717, 1.165) is 34.7 Å². The van der Waals surface area contributed by atoms with Gasteiger partial charge in [-0.05, 0) is 48.4 Å². The highest BCUT2D eigenvalue weighted by Gasteiger charge is 2.35. The number of hydrogen-bond donors (Lipinski definition) is 1. The second kappa shape index (κ2) is 9.69. The number of ether oxygens (including phenoxy) is 1. The van der Waals surface area contributed by atoms with E-state index in [4.69, 9.17) is 9.72 Å². The first-order chi connectivity index (χ1) is 16.6. The molecule has 6 nitrogen and oxygen atoms in total. The van der Waals surface area contributed by atoms with E-state index < -0.39 is 6.10 Å². The second-order valence-corrected chi connectivity index (χ2v) is 8.77. The largest absolute Gasteiger partial charge is 0.491 e. The molecule has 2 atom stereocenters. The lowest BCUT2D eigenvalue weighted by Crippen LogP contribution is -2.26. The summed E-state index contributed by atoms with van der Waals surface area (Å²) < 4.78 is 7.81. The number of aliphatic hydroxyl groups excluding tert-OH is 1. The predicted molar refractivity (Wildman–Crippen MR) is 133 cm³/mol. The summed E-state index contributed by atoms with van der Waals surface area (Å²) in [4.78, 5) is 19.7. The molecule has 0 unspecified atom stereocenters. The Morgan fingerprint density at radius 3 is 2.53 bits per heavy atom. The van der Waals surface area contributed by atoms with Crippen LogP contribution in [0, 0.1) is 0 Å². The molecule has 0 aliphatic carbocycles. The van der Waals surface area contributed by atoms with E-state index in [9.17, 15) is 9.90 Å². The number of nitrogens with zero attached hydrogens (tertiary/aromatic N) is 3. The summed E-state index contributed by atoms with van der Waals surface area (Å²) in [7, 11) is 0. The van der Waals surface area contributed by atoms with Crippen molar-refractivity contribution in [3.8, 4) is 5.75 Å². The molecule has 1 amide bonds. The smallest absolute Gasteiger partial charge is 0.227 e. The first-order valence-electron chi connectivity index (χ1n) is 11.8. The lowest BCUT2D eigenvalue weighted by molar-refractivity contribution is -0.117. The number of fused-ring (bicyclic) bond motifs is 1. The first-order valence-corrected chi connectivity index (χ1v) is 11.8. The second-order valence-electron chi connectivity index (χ2n) is 8.77. The van der Waals surface area contributed by atoms with Crippen LogP contribution in [-0.4, -0.2) is 39.8 Å². The van der Waals surface area contributed by atoms with Gasteiger partial charge in [0.15, 0.2) is 0 Å². The number of aryl methyl sites for hydroxylation is 1. The number of rotatable bonds is 8. The van der Waals surface area contributed by atoms with Crippen molar-refractivity contribution in [1.82, 2.24) is 9.55 Å². The number of para-hydroxylation sites is 3. The van der Waals surface area contributed by atoms with Crippen molar-refractivity contribution < 1.29 is 14.6 Å². The Kier molecular flexibility index (Phi) is 6.32. The highest BCUT2D eigenvalue weighted by molar-refractivity contribution is 5.96. The Bertz CT molecular complexity index is 1270. The van der Waals surface area contributed by atoms with Gasteiger partial charge in [0.05, 0.1) is 17.6 Å². The van der Waals surface area contributed by atoms with Crippen LogP contribution in [0.3, 0.4) is 0 Å². The van der Waals surface area contributed by atoms with Gasteiger partial charge in [0.2, 0.25) is 5.91 Å². The first kappa shape index (κ1) is 22.2. The zero-order chi connectivity index (χ0) is 23.5. The molecule has 1 aromatic heterocycles. The van der Waals surface area contributed by atoms with Crippen LogP contribution < -0.4 is 9.64 Å². The summed E-state index contributed by atoms with van der Waals surface area (Å²) in [5, 5.41) is 10.8. The summed E-state index contributed by atoms with van der Waals surface area (Å²) >= 11 is 0. The van der Waals surface area contributed by atoms with Crippen LogP contribution in [0.1, 0.15) is 30.7 Å². The quantitative estimate of drug-likeness (QED) is 0.423. The van der Waals surface area contributed by atoms with Gasteiger partial charge < -0.3 is 19.3 Å². The molecular formula is C28H29N3O3. The molecule has 6 heteroatoms. The van der Waals surface area contributed by atoms with E-state index in [1.54, 1.807) is 0 Å². The van der Waals surface area contributed by atoms with Gasteiger partial charge in [-0.2, -0.15) is 0 Å². The van der Waals surface area contributed by atoms with E-state index in [2.05, 4.69) is 23.6 Å². The molecule has 3 aromatic carbocycles. The Morgan fingerprint density at radius 2 is 1.76 bits per heavy atom. The normalized spacial score (nSPS) is 16.8. The van der Waals surface area contributed by atoms with Crippen LogP contribution in [0.4, 0.5) is 5.69 Å². The molecule has 2 heterocycles. The zero-order valence-corrected chi connectivity index (χ0v) is 19.3. The van der Waals surface area contributed by atoms with E-state index in [1.165, 1.54) is 5.56 Å². The fourth-order valence-electron chi connectivity index (χ4n) is 4.61. The maximum atomic E-state index is 12.9. The summed E-state index contributed by atoms with van der Waals surface area (Å²) in [6.45, 7) is 3.22. The number of imidazole rings is 1. The van der Waals surface area contributed by atoms with Crippen molar-refractivity contribution in [3.63, 3.8) is 0 Å². The summed E-state index contributed by atoms with van der Waals surface area (Å²) in [5.74, 6) is 1.61. The van der Waals surface area contributed by atoms with Crippen molar-refractivity contribution in [1.29, 1.82) is 0 Å². The lowest BCUT2D eigenvalue weighted by atomic mass is 10.1. The lowest BCUT2D eigenvalue weighted by Gasteiger charge is -2.19. The fraction of sp³-hybridized carbons (Fsp3) is 0.286. The van der Waals surface area contributed by atoms with Gasteiger partial charge in [0.1, 0.15) is 24.3 Å². The molecule has 1 N–H and O–H groups in total. The van der Waals surface area contributed by atoms with Crippen LogP contribution in [0.15, 0.2) is 78.9 Å². The number of anilines is 1. The molecule has 5 rings (SSSR count). The van der Waals surface area contributed by atoms with Crippen LogP contribution in [0.2, 0.25) is 0 Å².